The van der Waals surface area contributed by atoms with Gasteiger partial charge >= 0.3 is 6.18 Å². The number of benzene rings is 2. The fourth-order valence-electron chi connectivity index (χ4n) is 3.57. The molecule has 0 radical (unpaired) electrons. The van der Waals surface area contributed by atoms with Gasteiger partial charge in [-0.25, -0.2) is 0 Å². The van der Waals surface area contributed by atoms with E-state index in [4.69, 9.17) is 0 Å². The average Bonchev–Trinajstić information content (AvgIpc) is 2.83. The van der Waals surface area contributed by atoms with Crippen molar-refractivity contribution in [3.63, 3.8) is 0 Å². The summed E-state index contributed by atoms with van der Waals surface area (Å²) in [5, 5.41) is 0.941. The van der Waals surface area contributed by atoms with E-state index in [9.17, 15) is 13.2 Å². The summed E-state index contributed by atoms with van der Waals surface area (Å²) in [4.78, 5) is 13.1. The van der Waals surface area contributed by atoms with E-state index in [1.54, 1.807) is 18.6 Å². The first-order valence-electron chi connectivity index (χ1n) is 9.92. The first-order chi connectivity index (χ1) is 15.5. The van der Waals surface area contributed by atoms with Gasteiger partial charge in [-0.15, -0.1) is 0 Å². The van der Waals surface area contributed by atoms with Crippen LogP contribution in [0.15, 0.2) is 97.6 Å². The third-order valence-corrected chi connectivity index (χ3v) is 5.30. The molecule has 0 spiro atoms. The summed E-state index contributed by atoms with van der Waals surface area (Å²) in [7, 11) is 0. The molecular weight excluding hydrogens is 411 g/mol. The molecule has 0 saturated heterocycles. The summed E-state index contributed by atoms with van der Waals surface area (Å²) >= 11 is 0. The van der Waals surface area contributed by atoms with Crippen molar-refractivity contribution in [2.75, 3.05) is 0 Å². The first-order valence-corrected chi connectivity index (χ1v) is 9.92. The molecule has 0 aliphatic rings. The van der Waals surface area contributed by atoms with Crippen molar-refractivity contribution in [1.82, 2.24) is 15.0 Å². The molecule has 0 atom stereocenters. The highest BCUT2D eigenvalue weighted by Gasteiger charge is 2.29. The number of pyridine rings is 3. The second kappa shape index (κ2) is 7.89. The third-order valence-electron chi connectivity index (χ3n) is 5.30. The quantitative estimate of drug-likeness (QED) is 0.310. The van der Waals surface area contributed by atoms with Crippen molar-refractivity contribution in [2.45, 2.75) is 6.18 Å². The smallest absolute Gasteiger partial charge is 0.265 e. The molecule has 0 fully saturated rings. The first kappa shape index (κ1) is 19.9. The molecule has 6 heteroatoms. The van der Waals surface area contributed by atoms with Crippen molar-refractivity contribution in [2.24, 2.45) is 0 Å². The van der Waals surface area contributed by atoms with Crippen LogP contribution < -0.4 is 0 Å². The van der Waals surface area contributed by atoms with Crippen molar-refractivity contribution in [1.29, 1.82) is 0 Å². The van der Waals surface area contributed by atoms with Gasteiger partial charge in [0.2, 0.25) is 0 Å². The van der Waals surface area contributed by atoms with Crippen LogP contribution in [0.4, 0.5) is 13.2 Å². The van der Waals surface area contributed by atoms with Crippen LogP contribution in [0.5, 0.6) is 0 Å². The molecule has 5 rings (SSSR count). The highest BCUT2D eigenvalue weighted by Crippen LogP contribution is 2.32. The molecule has 5 aromatic rings. The molecule has 0 aliphatic heterocycles. The molecule has 156 valence electrons. The maximum atomic E-state index is 12.8. The Hall–Kier alpha value is -4.06. The minimum atomic E-state index is -4.34. The minimum absolute atomic E-state index is 0.659. The predicted octanol–water partition coefficient (Wildman–Crippen LogP) is 7.04. The van der Waals surface area contributed by atoms with E-state index in [1.165, 1.54) is 12.1 Å². The average molecular weight is 427 g/mol. The summed E-state index contributed by atoms with van der Waals surface area (Å²) in [5.41, 5.74) is 5.39. The van der Waals surface area contributed by atoms with Crippen LogP contribution in [0.1, 0.15) is 5.56 Å². The number of rotatable bonds is 3. The Labute approximate surface area is 182 Å². The van der Waals surface area contributed by atoms with Gasteiger partial charge in [0.05, 0.1) is 16.8 Å². The summed E-state index contributed by atoms with van der Waals surface area (Å²) in [6.45, 7) is 0. The molecule has 2 aromatic carbocycles. The van der Waals surface area contributed by atoms with Crippen LogP contribution >= 0.6 is 0 Å². The number of hydrogen-bond donors (Lipinski definition) is 0. The zero-order chi connectivity index (χ0) is 22.1. The fraction of sp³-hybridized carbons (Fsp3) is 0.0385. The zero-order valence-corrected chi connectivity index (χ0v) is 16.7. The third kappa shape index (κ3) is 3.95. The van der Waals surface area contributed by atoms with E-state index >= 15 is 0 Å². The molecule has 0 saturated carbocycles. The van der Waals surface area contributed by atoms with Gasteiger partial charge in [-0.3, -0.25) is 15.0 Å². The van der Waals surface area contributed by atoms with Gasteiger partial charge in [-0.05, 0) is 53.6 Å². The van der Waals surface area contributed by atoms with Crippen LogP contribution in [-0.4, -0.2) is 15.0 Å². The van der Waals surface area contributed by atoms with Gasteiger partial charge < -0.3 is 0 Å². The van der Waals surface area contributed by atoms with Gasteiger partial charge in [0.25, 0.3) is 0 Å². The monoisotopic (exact) mass is 427 g/mol. The van der Waals surface area contributed by atoms with Crippen LogP contribution in [0, 0.1) is 0 Å². The lowest BCUT2D eigenvalue weighted by Gasteiger charge is -2.09. The SMILES string of the molecule is FC(F)(F)c1ccc(-c2ccc3cc(-c4ccc(-c5ccncc5)nc4)cnc3c2)cc1. The van der Waals surface area contributed by atoms with E-state index in [-0.39, 0.29) is 0 Å². The normalized spacial score (nSPS) is 11.6. The Balaban J connectivity index is 1.43. The van der Waals surface area contributed by atoms with Crippen LogP contribution in [0.2, 0.25) is 0 Å². The Bertz CT molecular complexity index is 1380. The fourth-order valence-corrected chi connectivity index (χ4v) is 3.57. The number of aromatic nitrogens is 3. The van der Waals surface area contributed by atoms with E-state index in [1.807, 2.05) is 54.7 Å². The van der Waals surface area contributed by atoms with Crippen LogP contribution in [0.3, 0.4) is 0 Å². The van der Waals surface area contributed by atoms with Crippen LogP contribution in [-0.2, 0) is 6.18 Å². The van der Waals surface area contributed by atoms with E-state index in [2.05, 4.69) is 15.0 Å². The Morgan fingerprint density at radius 1 is 0.562 bits per heavy atom. The molecular formula is C26H16F3N3. The number of nitrogens with zero attached hydrogens (tertiary/aromatic N) is 3. The van der Waals surface area contributed by atoms with Gasteiger partial charge in [-0.2, -0.15) is 13.2 Å². The molecule has 3 aromatic heterocycles. The lowest BCUT2D eigenvalue weighted by molar-refractivity contribution is -0.137. The summed E-state index contributed by atoms with van der Waals surface area (Å²) in [6, 6.07) is 20.7. The molecule has 0 aliphatic carbocycles. The lowest BCUT2D eigenvalue weighted by Crippen LogP contribution is -2.03. The van der Waals surface area contributed by atoms with E-state index in [0.29, 0.717) is 5.56 Å². The van der Waals surface area contributed by atoms with E-state index in [0.717, 1.165) is 51.0 Å². The Morgan fingerprint density at radius 2 is 1.25 bits per heavy atom. The molecule has 3 nitrogen and oxygen atoms in total. The highest BCUT2D eigenvalue weighted by molar-refractivity contribution is 5.87. The van der Waals surface area contributed by atoms with Crippen molar-refractivity contribution >= 4 is 10.9 Å². The maximum absolute atomic E-state index is 12.8. The van der Waals surface area contributed by atoms with Gasteiger partial charge in [0, 0.05) is 46.9 Å². The van der Waals surface area contributed by atoms with Gasteiger partial charge in [-0.1, -0.05) is 30.3 Å². The number of hydrogen-bond acceptors (Lipinski definition) is 3. The summed E-state index contributed by atoms with van der Waals surface area (Å²) in [5.74, 6) is 0. The molecule has 0 bridgehead atoms. The largest absolute Gasteiger partial charge is 0.416 e. The Kier molecular flexibility index (Phi) is 4.90. The van der Waals surface area contributed by atoms with Crippen molar-refractivity contribution in [3.05, 3.63) is 103 Å². The highest BCUT2D eigenvalue weighted by atomic mass is 19.4. The second-order valence-corrected chi connectivity index (χ2v) is 7.37. The molecule has 32 heavy (non-hydrogen) atoms. The van der Waals surface area contributed by atoms with Crippen molar-refractivity contribution in [3.8, 4) is 33.5 Å². The summed E-state index contributed by atoms with van der Waals surface area (Å²) in [6.07, 6.45) is 2.72. The van der Waals surface area contributed by atoms with Gasteiger partial charge in [0.1, 0.15) is 0 Å². The predicted molar refractivity (Wildman–Crippen MR) is 119 cm³/mol. The molecule has 0 unspecified atom stereocenters. The molecule has 0 N–H and O–H groups in total. The topological polar surface area (TPSA) is 38.7 Å². The number of halogens is 3. The summed E-state index contributed by atoms with van der Waals surface area (Å²) < 4.78 is 38.4. The Morgan fingerprint density at radius 3 is 1.94 bits per heavy atom. The minimum Gasteiger partial charge on any atom is -0.265 e. The maximum Gasteiger partial charge on any atom is 0.416 e. The molecule has 3 heterocycles. The number of alkyl halides is 3. The van der Waals surface area contributed by atoms with Crippen LogP contribution in [0.25, 0.3) is 44.4 Å². The lowest BCUT2D eigenvalue weighted by atomic mass is 10.0. The number of fused-ring (bicyclic) bond motifs is 1. The standard InChI is InChI=1S/C26H16F3N3/c27-26(28,29)23-6-3-17(4-7-23)19-1-2-20-13-22(16-32-25(20)14-19)21-5-8-24(31-15-21)18-9-11-30-12-10-18/h1-16H. The molecule has 0 amide bonds. The zero-order valence-electron chi connectivity index (χ0n) is 16.7. The van der Waals surface area contributed by atoms with Crippen molar-refractivity contribution < 1.29 is 13.2 Å². The van der Waals surface area contributed by atoms with E-state index < -0.39 is 11.7 Å². The van der Waals surface area contributed by atoms with Gasteiger partial charge in [0.15, 0.2) is 0 Å². The second-order valence-electron chi connectivity index (χ2n) is 7.37.